The number of fused-ring (bicyclic) bond motifs is 7. The van der Waals surface area contributed by atoms with Crippen molar-refractivity contribution in [3.63, 3.8) is 0 Å². The maximum Gasteiger partial charge on any atom is 0.238 e. The van der Waals surface area contributed by atoms with Crippen molar-refractivity contribution in [2.75, 3.05) is 0 Å². The van der Waals surface area contributed by atoms with Gasteiger partial charge < -0.3 is 5.11 Å². The Morgan fingerprint density at radius 2 is 1.19 bits per heavy atom. The molecule has 58 heavy (non-hydrogen) atoms. The lowest BCUT2D eigenvalue weighted by atomic mass is 9.69. The van der Waals surface area contributed by atoms with Crippen molar-refractivity contribution in [2.24, 2.45) is 0 Å². The van der Waals surface area contributed by atoms with Crippen LogP contribution in [0.4, 0.5) is 0 Å². The SMILES string of the molecule is C#C/C=C\C=C/CC1(c2ccccc2O)c2ccccc2-c2c1ccc1c3cc(-c4ccccc4)ccc3n(-c3nc(-c4ccccc4)nc(-c4ccccc4)n3)c21. The minimum absolute atomic E-state index is 0.239. The predicted molar refractivity (Wildman–Crippen MR) is 236 cm³/mol. The molecule has 9 aromatic rings. The number of terminal acetylenes is 1. The smallest absolute Gasteiger partial charge is 0.238 e. The Hall–Kier alpha value is -7.81. The second-order valence-corrected chi connectivity index (χ2v) is 14.5. The molecule has 10 rings (SSSR count). The standard InChI is InChI=1S/C53H36N4O/c1-2-3-4-5-19-34-53(44-28-17-18-29-47(44)58)43-27-16-15-26-41(43)48-45(53)32-31-40-42-35-39(36-20-9-6-10-21-36)30-33-46(42)57(49(40)48)52-55-50(37-22-11-7-12-23-37)54-51(56-52)38-24-13-8-14-25-38/h1,3-33,35,58H,34H2/b4-3-,19-5-. The van der Waals surface area contributed by atoms with E-state index in [4.69, 9.17) is 21.4 Å². The molecule has 5 heteroatoms. The Kier molecular flexibility index (Phi) is 8.58. The number of aromatic hydroxyl groups is 1. The molecule has 0 aliphatic heterocycles. The number of phenolic OH excluding ortho intramolecular Hbond substituents is 1. The average Bonchev–Trinajstić information content (AvgIpc) is 3.77. The molecule has 0 amide bonds. The van der Waals surface area contributed by atoms with Gasteiger partial charge in [0.05, 0.1) is 16.4 Å². The minimum Gasteiger partial charge on any atom is -0.508 e. The van der Waals surface area contributed by atoms with Crippen LogP contribution in [-0.2, 0) is 5.41 Å². The van der Waals surface area contributed by atoms with Gasteiger partial charge in [0.2, 0.25) is 5.95 Å². The summed E-state index contributed by atoms with van der Waals surface area (Å²) >= 11 is 0. The van der Waals surface area contributed by atoms with Crippen molar-refractivity contribution in [3.8, 4) is 69.1 Å². The van der Waals surface area contributed by atoms with E-state index in [1.807, 2.05) is 97.1 Å². The molecule has 2 heterocycles. The third-order valence-corrected chi connectivity index (χ3v) is 11.3. The molecule has 1 N–H and O–H groups in total. The molecule has 1 atom stereocenters. The number of nitrogens with zero attached hydrogens (tertiary/aromatic N) is 4. The molecular formula is C53H36N4O. The summed E-state index contributed by atoms with van der Waals surface area (Å²) in [6.45, 7) is 0. The largest absolute Gasteiger partial charge is 0.508 e. The van der Waals surface area contributed by atoms with Crippen LogP contribution in [0.1, 0.15) is 23.1 Å². The highest BCUT2D eigenvalue weighted by Crippen LogP contribution is 2.58. The number of allylic oxidation sites excluding steroid dienone is 4. The molecule has 0 saturated heterocycles. The first-order chi connectivity index (χ1) is 28.7. The molecule has 0 radical (unpaired) electrons. The van der Waals surface area contributed by atoms with Crippen molar-refractivity contribution in [2.45, 2.75) is 11.8 Å². The summed E-state index contributed by atoms with van der Waals surface area (Å²) in [6, 6.07) is 58.1. The average molecular weight is 745 g/mol. The van der Waals surface area contributed by atoms with Crippen LogP contribution in [0, 0.1) is 12.3 Å². The summed E-state index contributed by atoms with van der Waals surface area (Å²) in [5, 5.41) is 13.9. The highest BCUT2D eigenvalue weighted by atomic mass is 16.3. The van der Waals surface area contributed by atoms with Crippen molar-refractivity contribution in [3.05, 3.63) is 211 Å². The van der Waals surface area contributed by atoms with Gasteiger partial charge >= 0.3 is 0 Å². The van der Waals surface area contributed by atoms with E-state index in [0.717, 1.165) is 71.9 Å². The van der Waals surface area contributed by atoms with Gasteiger partial charge in [0.1, 0.15) is 5.75 Å². The fourth-order valence-corrected chi connectivity index (χ4v) is 8.76. The predicted octanol–water partition coefficient (Wildman–Crippen LogP) is 12.1. The molecule has 1 aliphatic rings. The van der Waals surface area contributed by atoms with Gasteiger partial charge in [-0.3, -0.25) is 4.57 Å². The van der Waals surface area contributed by atoms with Gasteiger partial charge in [0, 0.05) is 33.0 Å². The molecule has 2 aromatic heterocycles. The number of benzene rings is 7. The fourth-order valence-electron chi connectivity index (χ4n) is 8.76. The highest BCUT2D eigenvalue weighted by Gasteiger charge is 2.46. The van der Waals surface area contributed by atoms with Gasteiger partial charge in [-0.15, -0.1) is 6.42 Å². The summed E-state index contributed by atoms with van der Waals surface area (Å²) in [5.41, 5.74) is 10.5. The van der Waals surface area contributed by atoms with Gasteiger partial charge in [-0.2, -0.15) is 9.97 Å². The molecule has 0 spiro atoms. The van der Waals surface area contributed by atoms with E-state index in [2.05, 4.69) is 95.4 Å². The zero-order valence-electron chi connectivity index (χ0n) is 31.5. The van der Waals surface area contributed by atoms with Crippen molar-refractivity contribution >= 4 is 21.8 Å². The maximum atomic E-state index is 11.7. The Balaban J connectivity index is 1.35. The minimum atomic E-state index is -0.730. The van der Waals surface area contributed by atoms with Gasteiger partial charge in [-0.05, 0) is 58.5 Å². The van der Waals surface area contributed by atoms with Crippen LogP contribution < -0.4 is 0 Å². The second kappa shape index (κ2) is 14.4. The summed E-state index contributed by atoms with van der Waals surface area (Å²) in [7, 11) is 0. The second-order valence-electron chi connectivity index (χ2n) is 14.5. The van der Waals surface area contributed by atoms with E-state index in [1.54, 1.807) is 12.1 Å². The van der Waals surface area contributed by atoms with E-state index in [1.165, 1.54) is 0 Å². The summed E-state index contributed by atoms with van der Waals surface area (Å²) in [4.78, 5) is 15.6. The van der Waals surface area contributed by atoms with Crippen molar-refractivity contribution in [1.29, 1.82) is 0 Å². The maximum absolute atomic E-state index is 11.7. The highest BCUT2D eigenvalue weighted by molar-refractivity contribution is 6.16. The fraction of sp³-hybridized carbons (Fsp3) is 0.0377. The van der Waals surface area contributed by atoms with Gasteiger partial charge in [-0.25, -0.2) is 4.98 Å². The summed E-state index contributed by atoms with van der Waals surface area (Å²) in [5.74, 6) is 4.51. The number of rotatable bonds is 8. The Morgan fingerprint density at radius 1 is 0.569 bits per heavy atom. The van der Waals surface area contributed by atoms with Crippen LogP contribution in [0.3, 0.4) is 0 Å². The Morgan fingerprint density at radius 3 is 1.86 bits per heavy atom. The van der Waals surface area contributed by atoms with Gasteiger partial charge in [-0.1, -0.05) is 176 Å². The van der Waals surface area contributed by atoms with Crippen LogP contribution in [0.2, 0.25) is 0 Å². The zero-order chi connectivity index (χ0) is 39.1. The summed E-state index contributed by atoms with van der Waals surface area (Å²) < 4.78 is 2.22. The number of hydrogen-bond donors (Lipinski definition) is 1. The monoisotopic (exact) mass is 744 g/mol. The van der Waals surface area contributed by atoms with E-state index in [-0.39, 0.29) is 5.75 Å². The molecule has 1 aliphatic carbocycles. The first kappa shape index (κ1) is 34.7. The number of para-hydroxylation sites is 1. The first-order valence-electron chi connectivity index (χ1n) is 19.4. The number of aromatic nitrogens is 4. The Labute approximate surface area is 337 Å². The van der Waals surface area contributed by atoms with Crippen LogP contribution in [0.15, 0.2) is 194 Å². The Bertz CT molecular complexity index is 3050. The molecule has 0 fully saturated rings. The number of hydrogen-bond acceptors (Lipinski definition) is 4. The topological polar surface area (TPSA) is 63.8 Å². The number of phenols is 1. The molecule has 7 aromatic carbocycles. The molecule has 274 valence electrons. The molecule has 5 nitrogen and oxygen atoms in total. The van der Waals surface area contributed by atoms with Crippen molar-refractivity contribution in [1.82, 2.24) is 19.5 Å². The van der Waals surface area contributed by atoms with Crippen molar-refractivity contribution < 1.29 is 5.11 Å². The zero-order valence-corrected chi connectivity index (χ0v) is 31.5. The van der Waals surface area contributed by atoms with Crippen LogP contribution in [0.25, 0.3) is 72.8 Å². The van der Waals surface area contributed by atoms with E-state index in [0.29, 0.717) is 24.0 Å². The van der Waals surface area contributed by atoms with E-state index >= 15 is 0 Å². The van der Waals surface area contributed by atoms with E-state index in [9.17, 15) is 5.11 Å². The molecule has 0 saturated carbocycles. The summed E-state index contributed by atoms with van der Waals surface area (Å²) in [6.07, 6.45) is 13.8. The van der Waals surface area contributed by atoms with Gasteiger partial charge in [0.25, 0.3) is 0 Å². The lowest BCUT2D eigenvalue weighted by molar-refractivity contribution is 0.454. The van der Waals surface area contributed by atoms with Crippen LogP contribution in [-0.4, -0.2) is 24.6 Å². The lowest BCUT2D eigenvalue weighted by Gasteiger charge is -2.32. The third-order valence-electron chi connectivity index (χ3n) is 11.3. The molecule has 1 unspecified atom stereocenters. The van der Waals surface area contributed by atoms with Crippen LogP contribution >= 0.6 is 0 Å². The quantitative estimate of drug-likeness (QED) is 0.124. The third kappa shape index (κ3) is 5.62. The first-order valence-corrected chi connectivity index (χ1v) is 19.4. The molecule has 0 bridgehead atoms. The van der Waals surface area contributed by atoms with E-state index < -0.39 is 5.41 Å². The normalized spacial score (nSPS) is 14.6. The lowest BCUT2D eigenvalue weighted by Crippen LogP contribution is -2.26. The van der Waals surface area contributed by atoms with Crippen LogP contribution in [0.5, 0.6) is 5.75 Å². The molecular weight excluding hydrogens is 709 g/mol. The van der Waals surface area contributed by atoms with Gasteiger partial charge in [0.15, 0.2) is 11.6 Å².